The van der Waals surface area contributed by atoms with Crippen LogP contribution < -0.4 is 9.62 Å². The van der Waals surface area contributed by atoms with E-state index in [1.54, 1.807) is 44.2 Å². The molecule has 0 heterocycles. The fourth-order valence-electron chi connectivity index (χ4n) is 3.33. The second-order valence-corrected chi connectivity index (χ2v) is 10.9. The summed E-state index contributed by atoms with van der Waals surface area (Å²) in [5.41, 5.74) is 0.641. The largest absolute Gasteiger partial charge is 0.309 e. The van der Waals surface area contributed by atoms with Crippen LogP contribution >= 0.6 is 0 Å². The molecule has 0 aliphatic carbocycles. The van der Waals surface area contributed by atoms with Crippen LogP contribution in [0.15, 0.2) is 60.0 Å². The van der Waals surface area contributed by atoms with Crippen molar-refractivity contribution in [1.29, 1.82) is 0 Å². The van der Waals surface area contributed by atoms with E-state index in [-0.39, 0.29) is 12.5 Å². The van der Waals surface area contributed by atoms with Gasteiger partial charge in [0, 0.05) is 11.7 Å². The molecule has 1 unspecified atom stereocenters. The zero-order valence-electron chi connectivity index (χ0n) is 19.6. The quantitative estimate of drug-likeness (QED) is 0.561. The SMILES string of the molecule is CC(C)N(C(=O)C(CC(C)(C)C)C(=O)NS(=O)(=O)C=Cc1ccccc1)c1ccc(F)cc1. The Morgan fingerprint density at radius 3 is 2.12 bits per heavy atom. The van der Waals surface area contributed by atoms with Crippen LogP contribution in [-0.2, 0) is 19.6 Å². The van der Waals surface area contributed by atoms with E-state index in [0.717, 1.165) is 5.41 Å². The van der Waals surface area contributed by atoms with Crippen molar-refractivity contribution in [2.45, 2.75) is 47.1 Å². The van der Waals surface area contributed by atoms with E-state index >= 15 is 0 Å². The van der Waals surface area contributed by atoms with E-state index in [1.165, 1.54) is 35.2 Å². The predicted molar refractivity (Wildman–Crippen MR) is 129 cm³/mol. The van der Waals surface area contributed by atoms with E-state index in [1.807, 2.05) is 25.5 Å². The molecule has 0 aromatic heterocycles. The summed E-state index contributed by atoms with van der Waals surface area (Å²) in [7, 11) is -4.13. The standard InChI is InChI=1S/C25H31FN2O4S/c1-18(2)28(21-13-11-20(26)12-14-21)24(30)22(17-25(3,4)5)23(29)27-33(31,32)16-15-19-9-7-6-8-10-19/h6-16,18,22H,17H2,1-5H3,(H,27,29). The number of benzene rings is 2. The van der Waals surface area contributed by atoms with Crippen LogP contribution in [0.5, 0.6) is 0 Å². The van der Waals surface area contributed by atoms with E-state index in [2.05, 4.69) is 0 Å². The summed E-state index contributed by atoms with van der Waals surface area (Å²) in [4.78, 5) is 28.0. The van der Waals surface area contributed by atoms with Gasteiger partial charge in [-0.05, 0) is 61.6 Å². The summed E-state index contributed by atoms with van der Waals surface area (Å²) in [6, 6.07) is 13.8. The van der Waals surface area contributed by atoms with Crippen molar-refractivity contribution in [3.8, 4) is 0 Å². The number of hydrogen-bond donors (Lipinski definition) is 1. The highest BCUT2D eigenvalue weighted by molar-refractivity contribution is 7.93. The van der Waals surface area contributed by atoms with Crippen LogP contribution in [0.25, 0.3) is 6.08 Å². The van der Waals surface area contributed by atoms with Gasteiger partial charge in [-0.2, -0.15) is 0 Å². The Balaban J connectivity index is 2.33. The van der Waals surface area contributed by atoms with Crippen LogP contribution in [0.2, 0.25) is 0 Å². The zero-order valence-corrected chi connectivity index (χ0v) is 20.4. The normalized spacial score (nSPS) is 13.2. The van der Waals surface area contributed by atoms with E-state index in [4.69, 9.17) is 0 Å². The number of halogens is 1. The van der Waals surface area contributed by atoms with Gasteiger partial charge in [0.25, 0.3) is 10.0 Å². The summed E-state index contributed by atoms with van der Waals surface area (Å²) in [6.07, 6.45) is 1.50. The van der Waals surface area contributed by atoms with Crippen molar-refractivity contribution in [3.63, 3.8) is 0 Å². The van der Waals surface area contributed by atoms with Crippen molar-refractivity contribution >= 4 is 33.6 Å². The average molecular weight is 475 g/mol. The number of nitrogens with zero attached hydrogens (tertiary/aromatic N) is 1. The number of rotatable bonds is 8. The molecule has 0 spiro atoms. The van der Waals surface area contributed by atoms with Crippen LogP contribution in [0.3, 0.4) is 0 Å². The predicted octanol–water partition coefficient (Wildman–Crippen LogP) is 4.74. The molecule has 8 heteroatoms. The Morgan fingerprint density at radius 1 is 1.03 bits per heavy atom. The van der Waals surface area contributed by atoms with Gasteiger partial charge in [0.1, 0.15) is 11.7 Å². The third kappa shape index (κ3) is 8.13. The summed E-state index contributed by atoms with van der Waals surface area (Å²) >= 11 is 0. The van der Waals surface area contributed by atoms with Crippen LogP contribution in [0.4, 0.5) is 10.1 Å². The molecule has 2 aromatic carbocycles. The number of carbonyl (C=O) groups excluding carboxylic acids is 2. The van der Waals surface area contributed by atoms with E-state index < -0.39 is 39.0 Å². The molecule has 1 N–H and O–H groups in total. The topological polar surface area (TPSA) is 83.6 Å². The van der Waals surface area contributed by atoms with Crippen molar-refractivity contribution in [2.24, 2.45) is 11.3 Å². The molecule has 33 heavy (non-hydrogen) atoms. The van der Waals surface area contributed by atoms with Gasteiger partial charge in [-0.25, -0.2) is 17.5 Å². The lowest BCUT2D eigenvalue weighted by Crippen LogP contribution is -2.48. The highest BCUT2D eigenvalue weighted by Crippen LogP contribution is 2.29. The molecule has 2 amide bonds. The first-order valence-corrected chi connectivity index (χ1v) is 12.2. The molecule has 0 saturated heterocycles. The lowest BCUT2D eigenvalue weighted by molar-refractivity contribution is -0.134. The molecule has 6 nitrogen and oxygen atoms in total. The first-order chi connectivity index (χ1) is 15.3. The molecule has 2 rings (SSSR count). The van der Waals surface area contributed by atoms with Crippen molar-refractivity contribution < 1.29 is 22.4 Å². The Kier molecular flexibility index (Phi) is 8.55. The zero-order chi connectivity index (χ0) is 24.8. The van der Waals surface area contributed by atoms with Gasteiger partial charge in [-0.1, -0.05) is 51.1 Å². The van der Waals surface area contributed by atoms with Crippen molar-refractivity contribution in [3.05, 3.63) is 71.4 Å². The molecular weight excluding hydrogens is 443 g/mol. The Morgan fingerprint density at radius 2 is 1.61 bits per heavy atom. The minimum Gasteiger partial charge on any atom is -0.309 e. The van der Waals surface area contributed by atoms with Gasteiger partial charge < -0.3 is 4.90 Å². The molecule has 1 atom stereocenters. The Bertz CT molecular complexity index is 1090. The molecule has 0 aliphatic rings. The molecule has 0 radical (unpaired) electrons. The maximum atomic E-state index is 13.5. The number of sulfonamides is 1. The maximum absolute atomic E-state index is 13.5. The maximum Gasteiger partial charge on any atom is 0.257 e. The molecule has 0 aliphatic heterocycles. The Labute approximate surface area is 195 Å². The van der Waals surface area contributed by atoms with Crippen LogP contribution in [0, 0.1) is 17.2 Å². The van der Waals surface area contributed by atoms with Gasteiger partial charge in [0.2, 0.25) is 11.8 Å². The summed E-state index contributed by atoms with van der Waals surface area (Å²) in [5.74, 6) is -3.15. The van der Waals surface area contributed by atoms with Gasteiger partial charge >= 0.3 is 0 Å². The molecule has 178 valence electrons. The minimum absolute atomic E-state index is 0.125. The molecule has 0 saturated carbocycles. The Hall–Kier alpha value is -3.00. The smallest absolute Gasteiger partial charge is 0.257 e. The molecular formula is C25H31FN2O4S. The van der Waals surface area contributed by atoms with Gasteiger partial charge in [0.15, 0.2) is 0 Å². The molecule has 2 aromatic rings. The highest BCUT2D eigenvalue weighted by atomic mass is 32.2. The van der Waals surface area contributed by atoms with Crippen LogP contribution in [0.1, 0.15) is 46.6 Å². The number of amides is 2. The third-order valence-electron chi connectivity index (χ3n) is 4.77. The van der Waals surface area contributed by atoms with Gasteiger partial charge in [0.05, 0.1) is 5.41 Å². The summed E-state index contributed by atoms with van der Waals surface area (Å²) in [5, 5.41) is 0.902. The highest BCUT2D eigenvalue weighted by Gasteiger charge is 2.37. The third-order valence-corrected chi connectivity index (χ3v) is 5.75. The lowest BCUT2D eigenvalue weighted by Gasteiger charge is -2.32. The van der Waals surface area contributed by atoms with Gasteiger partial charge in [-0.3, -0.25) is 9.59 Å². The monoisotopic (exact) mass is 474 g/mol. The van der Waals surface area contributed by atoms with Gasteiger partial charge in [-0.15, -0.1) is 0 Å². The number of anilines is 1. The number of carbonyl (C=O) groups is 2. The van der Waals surface area contributed by atoms with Crippen molar-refractivity contribution in [1.82, 2.24) is 4.72 Å². The van der Waals surface area contributed by atoms with Crippen LogP contribution in [-0.4, -0.2) is 26.3 Å². The molecule has 0 bridgehead atoms. The molecule has 0 fully saturated rings. The fourth-order valence-corrected chi connectivity index (χ4v) is 4.16. The summed E-state index contributed by atoms with van der Waals surface area (Å²) < 4.78 is 40.5. The lowest BCUT2D eigenvalue weighted by atomic mass is 9.83. The number of nitrogens with one attached hydrogen (secondary N) is 1. The first kappa shape index (κ1) is 26.3. The minimum atomic E-state index is -4.13. The number of hydrogen-bond acceptors (Lipinski definition) is 4. The first-order valence-electron chi connectivity index (χ1n) is 10.7. The second-order valence-electron chi connectivity index (χ2n) is 9.32. The average Bonchev–Trinajstić information content (AvgIpc) is 2.71. The van der Waals surface area contributed by atoms with E-state index in [0.29, 0.717) is 11.3 Å². The fraction of sp³-hybridized carbons (Fsp3) is 0.360. The second kappa shape index (κ2) is 10.7. The van der Waals surface area contributed by atoms with E-state index in [9.17, 15) is 22.4 Å². The van der Waals surface area contributed by atoms with Crippen molar-refractivity contribution in [2.75, 3.05) is 4.90 Å². The summed E-state index contributed by atoms with van der Waals surface area (Å²) in [6.45, 7) is 9.13.